The summed E-state index contributed by atoms with van der Waals surface area (Å²) in [6.07, 6.45) is 0. The summed E-state index contributed by atoms with van der Waals surface area (Å²) in [6.45, 7) is 0. The molecule has 2 amide bonds. The fourth-order valence-corrected chi connectivity index (χ4v) is 2.29. The third-order valence-electron chi connectivity index (χ3n) is 1.85. The predicted octanol–water partition coefficient (Wildman–Crippen LogP) is -0.117. The normalized spacial score (nSPS) is 10.8. The molecule has 4 N–H and O–H groups in total. The molecule has 1 aromatic rings. The standard InChI is InChI=1S/C9H10N2O5S/c10-9(14)11-17(15,16)5-6-3-1-2-4-7(6)8(12)13/h1-4H,5H2,(H,12,13)(H3,10,11,14). The minimum absolute atomic E-state index is 0.0775. The lowest BCUT2D eigenvalue weighted by Gasteiger charge is -2.07. The van der Waals surface area contributed by atoms with Gasteiger partial charge in [-0.2, -0.15) is 0 Å². The molecule has 0 fully saturated rings. The number of hydrogen-bond acceptors (Lipinski definition) is 4. The molecule has 0 aliphatic carbocycles. The summed E-state index contributed by atoms with van der Waals surface area (Å²) in [5.74, 6) is -1.87. The van der Waals surface area contributed by atoms with Gasteiger partial charge in [-0.25, -0.2) is 22.7 Å². The van der Waals surface area contributed by atoms with E-state index in [4.69, 9.17) is 5.11 Å². The van der Waals surface area contributed by atoms with Gasteiger partial charge in [0.1, 0.15) is 0 Å². The average molecular weight is 258 g/mol. The summed E-state index contributed by atoms with van der Waals surface area (Å²) < 4.78 is 24.3. The van der Waals surface area contributed by atoms with Crippen LogP contribution in [0.25, 0.3) is 0 Å². The third-order valence-corrected chi connectivity index (χ3v) is 3.05. The molecule has 0 saturated carbocycles. The van der Waals surface area contributed by atoms with Gasteiger partial charge < -0.3 is 10.8 Å². The van der Waals surface area contributed by atoms with Crippen molar-refractivity contribution < 1.29 is 23.1 Å². The Morgan fingerprint density at radius 2 is 1.88 bits per heavy atom. The topological polar surface area (TPSA) is 127 Å². The van der Waals surface area contributed by atoms with Crippen molar-refractivity contribution in [2.24, 2.45) is 5.73 Å². The number of sulfonamides is 1. The molecular formula is C9H10N2O5S. The highest BCUT2D eigenvalue weighted by atomic mass is 32.2. The van der Waals surface area contributed by atoms with Gasteiger partial charge in [0.2, 0.25) is 10.0 Å². The minimum Gasteiger partial charge on any atom is -0.478 e. The zero-order valence-corrected chi connectivity index (χ0v) is 9.40. The molecule has 0 aliphatic rings. The number of amides is 2. The summed E-state index contributed by atoms with van der Waals surface area (Å²) in [5.41, 5.74) is 4.63. The average Bonchev–Trinajstić information content (AvgIpc) is 2.14. The Balaban J connectivity index is 3.04. The van der Waals surface area contributed by atoms with Gasteiger partial charge in [-0.3, -0.25) is 0 Å². The number of aromatic carboxylic acids is 1. The number of primary amides is 1. The van der Waals surface area contributed by atoms with Crippen LogP contribution in [0.2, 0.25) is 0 Å². The van der Waals surface area contributed by atoms with E-state index in [1.165, 1.54) is 24.3 Å². The van der Waals surface area contributed by atoms with Crippen molar-refractivity contribution in [3.05, 3.63) is 35.4 Å². The quantitative estimate of drug-likeness (QED) is 0.694. The number of carbonyl (C=O) groups is 2. The molecule has 0 aromatic heterocycles. The van der Waals surface area contributed by atoms with Gasteiger partial charge in [-0.05, 0) is 11.6 Å². The molecule has 0 radical (unpaired) electrons. The van der Waals surface area contributed by atoms with Crippen LogP contribution in [-0.4, -0.2) is 25.5 Å². The van der Waals surface area contributed by atoms with Crippen LogP contribution in [0.3, 0.4) is 0 Å². The fraction of sp³-hybridized carbons (Fsp3) is 0.111. The molecule has 0 saturated heterocycles. The van der Waals surface area contributed by atoms with Crippen LogP contribution in [0.15, 0.2) is 24.3 Å². The largest absolute Gasteiger partial charge is 0.478 e. The number of nitrogens with one attached hydrogen (secondary N) is 1. The number of urea groups is 1. The van der Waals surface area contributed by atoms with Crippen molar-refractivity contribution >= 4 is 22.0 Å². The SMILES string of the molecule is NC(=O)NS(=O)(=O)Cc1ccccc1C(=O)O. The Bertz CT molecular complexity index is 552. The summed E-state index contributed by atoms with van der Waals surface area (Å²) in [7, 11) is -3.98. The summed E-state index contributed by atoms with van der Waals surface area (Å²) in [4.78, 5) is 21.3. The lowest BCUT2D eigenvalue weighted by Crippen LogP contribution is -2.36. The second-order valence-corrected chi connectivity index (χ2v) is 4.91. The molecule has 8 heteroatoms. The molecule has 1 rings (SSSR count). The first-order chi connectivity index (χ1) is 7.82. The van der Waals surface area contributed by atoms with Gasteiger partial charge in [0.05, 0.1) is 11.3 Å². The van der Waals surface area contributed by atoms with E-state index in [1.54, 1.807) is 4.72 Å². The second kappa shape index (κ2) is 4.83. The first-order valence-corrected chi connectivity index (χ1v) is 6.08. The van der Waals surface area contributed by atoms with Crippen LogP contribution in [0.1, 0.15) is 15.9 Å². The van der Waals surface area contributed by atoms with Crippen molar-refractivity contribution in [2.75, 3.05) is 0 Å². The van der Waals surface area contributed by atoms with E-state index in [9.17, 15) is 18.0 Å². The summed E-state index contributed by atoms with van der Waals surface area (Å²) in [6, 6.07) is 4.39. The van der Waals surface area contributed by atoms with Gasteiger partial charge in [0.15, 0.2) is 0 Å². The summed E-state index contributed by atoms with van der Waals surface area (Å²) >= 11 is 0. The Hall–Kier alpha value is -2.09. The number of carbonyl (C=O) groups excluding carboxylic acids is 1. The molecule has 1 aromatic carbocycles. The van der Waals surface area contributed by atoms with E-state index < -0.39 is 27.8 Å². The van der Waals surface area contributed by atoms with E-state index in [-0.39, 0.29) is 11.1 Å². The molecule has 0 spiro atoms. The Labute approximate surface area is 97.3 Å². The van der Waals surface area contributed by atoms with Crippen LogP contribution in [0.4, 0.5) is 4.79 Å². The molecule has 0 atom stereocenters. The first kappa shape index (κ1) is 13.0. The molecular weight excluding hydrogens is 248 g/mol. The Morgan fingerprint density at radius 1 is 1.29 bits per heavy atom. The van der Waals surface area contributed by atoms with Gasteiger partial charge in [-0.1, -0.05) is 18.2 Å². The van der Waals surface area contributed by atoms with Crippen molar-refractivity contribution in [3.63, 3.8) is 0 Å². The van der Waals surface area contributed by atoms with Crippen LogP contribution in [0.5, 0.6) is 0 Å². The maximum absolute atomic E-state index is 11.4. The highest BCUT2D eigenvalue weighted by Crippen LogP contribution is 2.11. The molecule has 92 valence electrons. The molecule has 7 nitrogen and oxygen atoms in total. The minimum atomic E-state index is -3.98. The number of carboxylic acids is 1. The summed E-state index contributed by atoms with van der Waals surface area (Å²) in [5, 5.41) is 8.84. The van der Waals surface area contributed by atoms with E-state index in [0.29, 0.717) is 0 Å². The number of carboxylic acid groups (broad SMARTS) is 1. The highest BCUT2D eigenvalue weighted by molar-refractivity contribution is 7.89. The zero-order valence-electron chi connectivity index (χ0n) is 8.58. The molecule has 17 heavy (non-hydrogen) atoms. The van der Waals surface area contributed by atoms with E-state index in [2.05, 4.69) is 5.73 Å². The van der Waals surface area contributed by atoms with Crippen molar-refractivity contribution in [3.8, 4) is 0 Å². The third kappa shape index (κ3) is 3.76. The van der Waals surface area contributed by atoms with Crippen LogP contribution in [-0.2, 0) is 15.8 Å². The maximum Gasteiger partial charge on any atom is 0.335 e. The van der Waals surface area contributed by atoms with Gasteiger partial charge in [-0.15, -0.1) is 0 Å². The van der Waals surface area contributed by atoms with Gasteiger partial charge in [0, 0.05) is 0 Å². The van der Waals surface area contributed by atoms with E-state index in [0.717, 1.165) is 0 Å². The van der Waals surface area contributed by atoms with Crippen LogP contribution >= 0.6 is 0 Å². The molecule has 0 heterocycles. The highest BCUT2D eigenvalue weighted by Gasteiger charge is 2.18. The van der Waals surface area contributed by atoms with Crippen LogP contribution < -0.4 is 10.5 Å². The van der Waals surface area contributed by atoms with E-state index >= 15 is 0 Å². The number of rotatable bonds is 4. The molecule has 0 aliphatic heterocycles. The monoisotopic (exact) mass is 258 g/mol. The maximum atomic E-state index is 11.4. The first-order valence-electron chi connectivity index (χ1n) is 4.43. The van der Waals surface area contributed by atoms with E-state index in [1.807, 2.05) is 0 Å². The fourth-order valence-electron chi connectivity index (χ4n) is 1.25. The smallest absolute Gasteiger partial charge is 0.335 e. The predicted molar refractivity (Wildman–Crippen MR) is 58.7 cm³/mol. The number of nitrogens with two attached hydrogens (primary N) is 1. The van der Waals surface area contributed by atoms with Crippen molar-refractivity contribution in [1.29, 1.82) is 0 Å². The Morgan fingerprint density at radius 3 is 2.41 bits per heavy atom. The zero-order chi connectivity index (χ0) is 13.1. The van der Waals surface area contributed by atoms with Gasteiger partial charge in [0.25, 0.3) is 0 Å². The number of benzene rings is 1. The lowest BCUT2D eigenvalue weighted by atomic mass is 10.1. The van der Waals surface area contributed by atoms with Crippen molar-refractivity contribution in [2.45, 2.75) is 5.75 Å². The van der Waals surface area contributed by atoms with Gasteiger partial charge >= 0.3 is 12.0 Å². The second-order valence-electron chi connectivity index (χ2n) is 3.19. The molecule has 0 unspecified atom stereocenters. The van der Waals surface area contributed by atoms with Crippen molar-refractivity contribution in [1.82, 2.24) is 4.72 Å². The van der Waals surface area contributed by atoms with Crippen LogP contribution in [0, 0.1) is 0 Å². The molecule has 0 bridgehead atoms. The number of hydrogen-bond donors (Lipinski definition) is 3. The Kier molecular flexibility index (Phi) is 3.69. The lowest BCUT2D eigenvalue weighted by molar-refractivity contribution is 0.0696.